The zero-order chi connectivity index (χ0) is 20.8. The Hall–Kier alpha value is -2.14. The van der Waals surface area contributed by atoms with Crippen molar-refractivity contribution >= 4 is 23.2 Å². The van der Waals surface area contributed by atoms with Crippen molar-refractivity contribution in [2.45, 2.75) is 44.9 Å². The van der Waals surface area contributed by atoms with E-state index in [1.165, 1.54) is 16.9 Å². The Labute approximate surface area is 183 Å². The summed E-state index contributed by atoms with van der Waals surface area (Å²) in [6.45, 7) is 3.45. The molecule has 1 aromatic heterocycles. The lowest BCUT2D eigenvalue weighted by molar-refractivity contribution is -0.133. The monoisotopic (exact) mass is 424 g/mol. The predicted octanol–water partition coefficient (Wildman–Crippen LogP) is 4.86. The molecule has 0 atom stereocenters. The molecule has 0 spiro atoms. The zero-order valence-corrected chi connectivity index (χ0v) is 18.5. The molecule has 5 heteroatoms. The first-order chi connectivity index (χ1) is 14.7. The van der Waals surface area contributed by atoms with Crippen molar-refractivity contribution in [2.24, 2.45) is 11.8 Å². The highest BCUT2D eigenvalue weighted by Crippen LogP contribution is 2.26. The van der Waals surface area contributed by atoms with Gasteiger partial charge in [-0.05, 0) is 67.4 Å². The van der Waals surface area contributed by atoms with Gasteiger partial charge in [0.25, 0.3) is 5.91 Å². The quantitative estimate of drug-likeness (QED) is 0.664. The van der Waals surface area contributed by atoms with Crippen LogP contribution in [0, 0.1) is 11.8 Å². The third-order valence-electron chi connectivity index (χ3n) is 6.73. The lowest BCUT2D eigenvalue weighted by Crippen LogP contribution is -2.40. The number of piperidine rings is 2. The van der Waals surface area contributed by atoms with Crippen LogP contribution in [0.25, 0.3) is 0 Å². The largest absolute Gasteiger partial charge is 0.343 e. The summed E-state index contributed by atoms with van der Waals surface area (Å²) in [4.78, 5) is 30.0. The molecule has 160 valence electrons. The first kappa shape index (κ1) is 21.1. The Kier molecular flexibility index (Phi) is 7.21. The predicted molar refractivity (Wildman–Crippen MR) is 122 cm³/mol. The Morgan fingerprint density at radius 3 is 2.17 bits per heavy atom. The van der Waals surface area contributed by atoms with Gasteiger partial charge in [-0.2, -0.15) is 0 Å². The fraction of sp³-hybridized carbons (Fsp3) is 0.520. The number of likely N-dealkylation sites (tertiary alicyclic amines) is 2. The smallest absolute Gasteiger partial charge is 0.263 e. The first-order valence-corrected chi connectivity index (χ1v) is 12.2. The molecular weight excluding hydrogens is 392 g/mol. The van der Waals surface area contributed by atoms with Crippen LogP contribution in [0.3, 0.4) is 0 Å². The van der Waals surface area contributed by atoms with Crippen molar-refractivity contribution < 1.29 is 9.59 Å². The van der Waals surface area contributed by atoms with Crippen LogP contribution >= 0.6 is 11.3 Å². The number of hydrogen-bond acceptors (Lipinski definition) is 3. The fourth-order valence-electron chi connectivity index (χ4n) is 4.80. The third kappa shape index (κ3) is 5.51. The second kappa shape index (κ2) is 10.3. The molecule has 2 fully saturated rings. The molecule has 1 aromatic carbocycles. The molecule has 0 aliphatic carbocycles. The summed E-state index contributed by atoms with van der Waals surface area (Å²) in [7, 11) is 0. The van der Waals surface area contributed by atoms with E-state index in [1.54, 1.807) is 0 Å². The van der Waals surface area contributed by atoms with Gasteiger partial charge < -0.3 is 9.80 Å². The molecule has 0 bridgehead atoms. The molecule has 0 saturated carbocycles. The van der Waals surface area contributed by atoms with E-state index in [2.05, 4.69) is 35.2 Å². The van der Waals surface area contributed by atoms with Gasteiger partial charge in [0.05, 0.1) is 4.88 Å². The summed E-state index contributed by atoms with van der Waals surface area (Å²) in [5.74, 6) is 1.75. The van der Waals surface area contributed by atoms with Gasteiger partial charge >= 0.3 is 0 Å². The van der Waals surface area contributed by atoms with Crippen LogP contribution in [0.5, 0.6) is 0 Å². The standard InChI is InChI=1S/C25H32N2O2S/c28-24(26-14-12-22(13-15-26)19-21-5-2-1-3-6-21)9-8-20-10-16-27(17-11-20)25(29)23-7-4-18-30-23/h1-7,18,20,22H,8-17,19H2. The molecule has 0 radical (unpaired) electrons. The van der Waals surface area contributed by atoms with Crippen LogP contribution in [-0.2, 0) is 11.2 Å². The van der Waals surface area contributed by atoms with Crippen molar-refractivity contribution in [2.75, 3.05) is 26.2 Å². The number of amides is 2. The number of thiophene rings is 1. The van der Waals surface area contributed by atoms with Crippen molar-refractivity contribution in [1.29, 1.82) is 0 Å². The molecule has 2 saturated heterocycles. The number of carbonyl (C=O) groups excluding carboxylic acids is 2. The minimum Gasteiger partial charge on any atom is -0.343 e. The van der Waals surface area contributed by atoms with E-state index in [0.717, 1.165) is 69.6 Å². The fourth-order valence-corrected chi connectivity index (χ4v) is 5.49. The molecule has 30 heavy (non-hydrogen) atoms. The minimum atomic E-state index is 0.165. The molecule has 4 nitrogen and oxygen atoms in total. The van der Waals surface area contributed by atoms with Crippen molar-refractivity contribution in [3.05, 3.63) is 58.3 Å². The van der Waals surface area contributed by atoms with Gasteiger partial charge in [0.2, 0.25) is 5.91 Å². The van der Waals surface area contributed by atoms with Gasteiger partial charge in [-0.15, -0.1) is 11.3 Å². The highest BCUT2D eigenvalue weighted by Gasteiger charge is 2.26. The van der Waals surface area contributed by atoms with E-state index >= 15 is 0 Å². The third-order valence-corrected chi connectivity index (χ3v) is 7.59. The van der Waals surface area contributed by atoms with Crippen LogP contribution in [0.15, 0.2) is 47.8 Å². The lowest BCUT2D eigenvalue weighted by atomic mass is 9.89. The summed E-state index contributed by atoms with van der Waals surface area (Å²) < 4.78 is 0. The molecule has 2 aliphatic heterocycles. The molecule has 2 aliphatic rings. The molecule has 0 N–H and O–H groups in total. The maximum atomic E-state index is 12.7. The number of rotatable bonds is 6. The lowest BCUT2D eigenvalue weighted by Gasteiger charge is -2.34. The normalized spacial score (nSPS) is 18.5. The number of benzene rings is 1. The van der Waals surface area contributed by atoms with Crippen LogP contribution < -0.4 is 0 Å². The van der Waals surface area contributed by atoms with E-state index < -0.39 is 0 Å². The van der Waals surface area contributed by atoms with Crippen LogP contribution in [-0.4, -0.2) is 47.8 Å². The first-order valence-electron chi connectivity index (χ1n) is 11.3. The van der Waals surface area contributed by atoms with Crippen molar-refractivity contribution in [3.8, 4) is 0 Å². The Morgan fingerprint density at radius 1 is 0.833 bits per heavy atom. The second-order valence-corrected chi connectivity index (χ2v) is 9.71. The summed E-state index contributed by atoms with van der Waals surface area (Å²) in [5.41, 5.74) is 1.41. The van der Waals surface area contributed by atoms with E-state index in [9.17, 15) is 9.59 Å². The SMILES string of the molecule is O=C(CCC1CCN(C(=O)c2cccs2)CC1)N1CCC(Cc2ccccc2)CC1. The maximum Gasteiger partial charge on any atom is 0.263 e. The van der Waals surface area contributed by atoms with Gasteiger partial charge in [-0.1, -0.05) is 36.4 Å². The highest BCUT2D eigenvalue weighted by atomic mass is 32.1. The molecule has 0 unspecified atom stereocenters. The summed E-state index contributed by atoms with van der Waals surface area (Å²) >= 11 is 1.51. The Bertz CT molecular complexity index is 805. The van der Waals surface area contributed by atoms with Gasteiger partial charge in [0, 0.05) is 32.6 Å². The molecular formula is C25H32N2O2S. The van der Waals surface area contributed by atoms with Crippen molar-refractivity contribution in [1.82, 2.24) is 9.80 Å². The van der Waals surface area contributed by atoms with Gasteiger partial charge in [-0.3, -0.25) is 9.59 Å². The molecule has 4 rings (SSSR count). The average molecular weight is 425 g/mol. The highest BCUT2D eigenvalue weighted by molar-refractivity contribution is 7.12. The van der Waals surface area contributed by atoms with E-state index in [4.69, 9.17) is 0 Å². The number of carbonyl (C=O) groups is 2. The topological polar surface area (TPSA) is 40.6 Å². The van der Waals surface area contributed by atoms with E-state index in [0.29, 0.717) is 24.2 Å². The van der Waals surface area contributed by atoms with E-state index in [1.807, 2.05) is 22.4 Å². The summed E-state index contributed by atoms with van der Waals surface area (Å²) in [6.07, 6.45) is 7.02. The van der Waals surface area contributed by atoms with Crippen LogP contribution in [0.4, 0.5) is 0 Å². The molecule has 3 heterocycles. The van der Waals surface area contributed by atoms with Crippen molar-refractivity contribution in [3.63, 3.8) is 0 Å². The number of nitrogens with zero attached hydrogens (tertiary/aromatic N) is 2. The average Bonchev–Trinajstić information content (AvgIpc) is 3.34. The van der Waals surface area contributed by atoms with Crippen LogP contribution in [0.1, 0.15) is 53.8 Å². The van der Waals surface area contributed by atoms with Gasteiger partial charge in [0.1, 0.15) is 0 Å². The number of hydrogen-bond donors (Lipinski definition) is 0. The summed E-state index contributed by atoms with van der Waals surface area (Å²) in [6, 6.07) is 14.5. The zero-order valence-electron chi connectivity index (χ0n) is 17.7. The van der Waals surface area contributed by atoms with Crippen LogP contribution in [0.2, 0.25) is 0 Å². The Balaban J connectivity index is 1.14. The second-order valence-electron chi connectivity index (χ2n) is 8.77. The molecule has 2 amide bonds. The molecule has 2 aromatic rings. The van der Waals surface area contributed by atoms with E-state index in [-0.39, 0.29) is 5.91 Å². The maximum absolute atomic E-state index is 12.7. The Morgan fingerprint density at radius 2 is 1.50 bits per heavy atom. The minimum absolute atomic E-state index is 0.165. The van der Waals surface area contributed by atoms with Gasteiger partial charge in [0.15, 0.2) is 0 Å². The summed E-state index contributed by atoms with van der Waals surface area (Å²) in [5, 5.41) is 1.95. The van der Waals surface area contributed by atoms with Gasteiger partial charge in [-0.25, -0.2) is 0 Å².